The molecule has 1 atom stereocenters. The second-order valence-corrected chi connectivity index (χ2v) is 4.84. The Morgan fingerprint density at radius 3 is 3.00 bits per heavy atom. The van der Waals surface area contributed by atoms with E-state index >= 15 is 0 Å². The molecule has 1 aromatic rings. The van der Waals surface area contributed by atoms with Crippen molar-refractivity contribution in [3.63, 3.8) is 0 Å². The van der Waals surface area contributed by atoms with Crippen molar-refractivity contribution in [2.45, 2.75) is 32.4 Å². The zero-order valence-corrected chi connectivity index (χ0v) is 10.2. The van der Waals surface area contributed by atoms with E-state index < -0.39 is 0 Å². The number of rotatable bonds is 1. The quantitative estimate of drug-likeness (QED) is 0.737. The average Bonchev–Trinajstić information content (AvgIpc) is 2.76. The average molecular weight is 230 g/mol. The lowest BCUT2D eigenvalue weighted by Crippen LogP contribution is -2.43. The molecule has 0 N–H and O–H groups in total. The monoisotopic (exact) mass is 230 g/mol. The molecule has 2 heterocycles. The molecule has 90 valence electrons. The molecule has 1 aromatic carbocycles. The molecular weight excluding hydrogens is 212 g/mol. The van der Waals surface area contributed by atoms with E-state index in [4.69, 9.17) is 0 Å². The third-order valence-electron chi connectivity index (χ3n) is 3.89. The molecule has 0 aliphatic carbocycles. The summed E-state index contributed by atoms with van der Waals surface area (Å²) in [7, 11) is 0. The number of para-hydroxylation sites is 1. The van der Waals surface area contributed by atoms with Crippen LogP contribution in [0.4, 0.5) is 5.69 Å². The number of anilines is 1. The fourth-order valence-electron chi connectivity index (χ4n) is 3.05. The molecule has 3 heteroatoms. The van der Waals surface area contributed by atoms with Gasteiger partial charge in [0, 0.05) is 18.8 Å². The lowest BCUT2D eigenvalue weighted by Gasteiger charge is -2.24. The highest BCUT2D eigenvalue weighted by Crippen LogP contribution is 2.31. The van der Waals surface area contributed by atoms with Gasteiger partial charge in [0.2, 0.25) is 5.91 Å². The van der Waals surface area contributed by atoms with Gasteiger partial charge in [-0.05, 0) is 37.9 Å². The predicted octanol–water partition coefficient (Wildman–Crippen LogP) is 2.02. The number of hydrogen-bond acceptors (Lipinski definition) is 2. The maximum Gasteiger partial charge on any atom is 0.244 e. The fourth-order valence-corrected chi connectivity index (χ4v) is 3.05. The Morgan fingerprint density at radius 1 is 1.35 bits per heavy atom. The molecule has 3 rings (SSSR count). The van der Waals surface area contributed by atoms with Gasteiger partial charge in [-0.25, -0.2) is 0 Å². The van der Waals surface area contributed by atoms with Crippen LogP contribution in [-0.4, -0.2) is 29.9 Å². The van der Waals surface area contributed by atoms with Crippen LogP contribution in [-0.2, 0) is 11.3 Å². The van der Waals surface area contributed by atoms with Gasteiger partial charge < -0.3 is 4.90 Å². The number of carbonyl (C=O) groups excluding carboxylic acids is 1. The summed E-state index contributed by atoms with van der Waals surface area (Å²) in [5.74, 6) is 0.287. The van der Waals surface area contributed by atoms with Crippen molar-refractivity contribution in [3.05, 3.63) is 29.8 Å². The molecule has 1 saturated heterocycles. The first-order valence-corrected chi connectivity index (χ1v) is 6.44. The van der Waals surface area contributed by atoms with E-state index in [2.05, 4.69) is 30.0 Å². The molecule has 0 aromatic heterocycles. The van der Waals surface area contributed by atoms with Gasteiger partial charge in [-0.15, -0.1) is 0 Å². The van der Waals surface area contributed by atoms with Crippen LogP contribution in [0.25, 0.3) is 0 Å². The van der Waals surface area contributed by atoms with E-state index in [9.17, 15) is 4.79 Å². The van der Waals surface area contributed by atoms with Crippen LogP contribution in [0.5, 0.6) is 0 Å². The Bertz CT molecular complexity index is 444. The smallest absolute Gasteiger partial charge is 0.244 e. The lowest BCUT2D eigenvalue weighted by atomic mass is 10.1. The van der Waals surface area contributed by atoms with Gasteiger partial charge in [-0.1, -0.05) is 18.2 Å². The van der Waals surface area contributed by atoms with Crippen molar-refractivity contribution in [2.75, 3.05) is 18.0 Å². The van der Waals surface area contributed by atoms with Crippen molar-refractivity contribution in [3.8, 4) is 0 Å². The molecular formula is C14H18N2O. The molecule has 0 radical (unpaired) electrons. The molecule has 2 aliphatic heterocycles. The number of nitrogens with zero attached hydrogens (tertiary/aromatic N) is 2. The first kappa shape index (κ1) is 10.8. The normalized spacial score (nSPS) is 24.4. The van der Waals surface area contributed by atoms with Gasteiger partial charge in [0.25, 0.3) is 0 Å². The summed E-state index contributed by atoms with van der Waals surface area (Å²) in [5, 5.41) is 0. The van der Waals surface area contributed by atoms with Crippen LogP contribution in [0.15, 0.2) is 24.3 Å². The Morgan fingerprint density at radius 2 is 2.18 bits per heavy atom. The number of fused-ring (bicyclic) bond motifs is 2. The minimum Gasteiger partial charge on any atom is -0.311 e. The minimum atomic E-state index is 0.113. The second kappa shape index (κ2) is 4.15. The molecule has 2 aliphatic rings. The Balaban J connectivity index is 2.07. The first-order valence-electron chi connectivity index (χ1n) is 6.44. The maximum atomic E-state index is 12.5. The van der Waals surface area contributed by atoms with Crippen LogP contribution in [0, 0.1) is 0 Å². The number of carbonyl (C=O) groups is 1. The van der Waals surface area contributed by atoms with Crippen molar-refractivity contribution >= 4 is 11.6 Å². The van der Waals surface area contributed by atoms with E-state index in [0.717, 1.165) is 38.2 Å². The molecule has 17 heavy (non-hydrogen) atoms. The largest absolute Gasteiger partial charge is 0.311 e. The molecule has 0 spiro atoms. The van der Waals surface area contributed by atoms with E-state index in [0.29, 0.717) is 0 Å². The van der Waals surface area contributed by atoms with Crippen molar-refractivity contribution in [2.24, 2.45) is 0 Å². The highest BCUT2D eigenvalue weighted by Gasteiger charge is 2.37. The fraction of sp³-hybridized carbons (Fsp3) is 0.500. The number of benzene rings is 1. The topological polar surface area (TPSA) is 23.6 Å². The van der Waals surface area contributed by atoms with Gasteiger partial charge in [0.15, 0.2) is 0 Å². The first-order chi connectivity index (χ1) is 8.31. The number of likely N-dealkylation sites (N-methyl/N-ethyl adjacent to an activating group) is 1. The summed E-state index contributed by atoms with van der Waals surface area (Å²) in [6.45, 7) is 4.80. The van der Waals surface area contributed by atoms with Gasteiger partial charge in [0.05, 0.1) is 6.04 Å². The second-order valence-electron chi connectivity index (χ2n) is 4.84. The van der Waals surface area contributed by atoms with Crippen LogP contribution in [0.2, 0.25) is 0 Å². The van der Waals surface area contributed by atoms with Gasteiger partial charge in [-0.3, -0.25) is 9.69 Å². The number of amides is 1. The third kappa shape index (κ3) is 1.65. The zero-order valence-electron chi connectivity index (χ0n) is 10.2. The Hall–Kier alpha value is -1.35. The summed E-state index contributed by atoms with van der Waals surface area (Å²) in [4.78, 5) is 16.8. The zero-order chi connectivity index (χ0) is 11.8. The van der Waals surface area contributed by atoms with E-state index in [-0.39, 0.29) is 11.9 Å². The standard InChI is InChI=1S/C14H18N2O/c1-2-16-12-7-4-3-6-11(12)10-15-9-5-8-13(15)14(16)17/h3-4,6-7,13H,2,5,8-10H2,1H3. The predicted molar refractivity (Wildman–Crippen MR) is 67.9 cm³/mol. The molecule has 1 amide bonds. The van der Waals surface area contributed by atoms with Crippen LogP contribution in [0.3, 0.4) is 0 Å². The summed E-state index contributed by atoms with van der Waals surface area (Å²) in [6, 6.07) is 8.41. The van der Waals surface area contributed by atoms with E-state index in [1.54, 1.807) is 0 Å². The summed E-state index contributed by atoms with van der Waals surface area (Å²) in [6.07, 6.45) is 2.17. The molecule has 0 bridgehead atoms. The van der Waals surface area contributed by atoms with Crippen LogP contribution < -0.4 is 4.90 Å². The van der Waals surface area contributed by atoms with Gasteiger partial charge in [-0.2, -0.15) is 0 Å². The van der Waals surface area contributed by atoms with Crippen molar-refractivity contribution in [1.29, 1.82) is 0 Å². The highest BCUT2D eigenvalue weighted by atomic mass is 16.2. The van der Waals surface area contributed by atoms with Crippen molar-refractivity contribution in [1.82, 2.24) is 4.90 Å². The van der Waals surface area contributed by atoms with E-state index in [1.807, 2.05) is 11.0 Å². The molecule has 3 nitrogen and oxygen atoms in total. The highest BCUT2D eigenvalue weighted by molar-refractivity contribution is 5.98. The van der Waals surface area contributed by atoms with Crippen LogP contribution >= 0.6 is 0 Å². The molecule has 1 unspecified atom stereocenters. The Kier molecular flexibility index (Phi) is 2.63. The maximum absolute atomic E-state index is 12.5. The molecule has 1 fully saturated rings. The van der Waals surface area contributed by atoms with E-state index in [1.165, 1.54) is 5.56 Å². The van der Waals surface area contributed by atoms with Gasteiger partial charge in [0.1, 0.15) is 0 Å². The molecule has 0 saturated carbocycles. The number of hydrogen-bond donors (Lipinski definition) is 0. The Labute approximate surface area is 102 Å². The summed E-state index contributed by atoms with van der Waals surface area (Å²) in [5.41, 5.74) is 2.39. The minimum absolute atomic E-state index is 0.113. The van der Waals surface area contributed by atoms with Gasteiger partial charge >= 0.3 is 0 Å². The lowest BCUT2D eigenvalue weighted by molar-refractivity contribution is -0.122. The van der Waals surface area contributed by atoms with Crippen molar-refractivity contribution < 1.29 is 4.79 Å². The summed E-state index contributed by atoms with van der Waals surface area (Å²) < 4.78 is 0. The SMILES string of the molecule is CCN1C(=O)C2CCCN2Cc2ccccc21. The summed E-state index contributed by atoms with van der Waals surface area (Å²) >= 11 is 0. The third-order valence-corrected chi connectivity index (χ3v) is 3.89. The van der Waals surface area contributed by atoms with Crippen LogP contribution in [0.1, 0.15) is 25.3 Å².